The first-order chi connectivity index (χ1) is 19.0. The maximum absolute atomic E-state index is 13.0. The number of aromatic nitrogens is 4. The van der Waals surface area contributed by atoms with Crippen LogP contribution in [0.15, 0.2) is 42.9 Å². The minimum Gasteiger partial charge on any atom is -0.392 e. The number of fused-ring (bicyclic) bond motifs is 2. The molecule has 3 aliphatic rings. The van der Waals surface area contributed by atoms with E-state index in [2.05, 4.69) is 26.6 Å². The number of rotatable bonds is 6. The third kappa shape index (κ3) is 4.34. The summed E-state index contributed by atoms with van der Waals surface area (Å²) in [5.74, 6) is 0.860. The second-order valence-corrected chi connectivity index (χ2v) is 10.7. The number of ether oxygens (including phenoxy) is 1. The van der Waals surface area contributed by atoms with Crippen LogP contribution in [-0.4, -0.2) is 67.8 Å². The van der Waals surface area contributed by atoms with Crippen molar-refractivity contribution in [1.82, 2.24) is 29.7 Å². The van der Waals surface area contributed by atoms with Crippen LogP contribution in [0.25, 0.3) is 22.3 Å². The highest BCUT2D eigenvalue weighted by atomic mass is 16.5. The number of aryl methyl sites for hydroxylation is 1. The van der Waals surface area contributed by atoms with Gasteiger partial charge in [-0.25, -0.2) is 9.97 Å². The summed E-state index contributed by atoms with van der Waals surface area (Å²) < 4.78 is 7.64. The van der Waals surface area contributed by atoms with Gasteiger partial charge < -0.3 is 25.0 Å². The number of carbonyl (C=O) groups is 1. The molecule has 10 heteroatoms. The summed E-state index contributed by atoms with van der Waals surface area (Å²) in [5, 5.41) is 17.4. The van der Waals surface area contributed by atoms with Crippen molar-refractivity contribution >= 4 is 28.4 Å². The van der Waals surface area contributed by atoms with Gasteiger partial charge in [-0.15, -0.1) is 0 Å². The highest BCUT2D eigenvalue weighted by molar-refractivity contribution is 6.06. The summed E-state index contributed by atoms with van der Waals surface area (Å²) in [5.41, 5.74) is 6.89. The highest BCUT2D eigenvalue weighted by Crippen LogP contribution is 2.36. The molecule has 39 heavy (non-hydrogen) atoms. The Labute approximate surface area is 226 Å². The Morgan fingerprint density at radius 1 is 1.21 bits per heavy atom. The molecule has 2 saturated heterocycles. The molecule has 0 radical (unpaired) electrons. The first kappa shape index (κ1) is 24.2. The summed E-state index contributed by atoms with van der Waals surface area (Å²) in [6.45, 7) is 4.06. The molecule has 2 fully saturated rings. The van der Waals surface area contributed by atoms with E-state index in [4.69, 9.17) is 14.7 Å². The van der Waals surface area contributed by atoms with E-state index >= 15 is 0 Å². The lowest BCUT2D eigenvalue weighted by atomic mass is 9.96. The molecule has 4 aromatic heterocycles. The van der Waals surface area contributed by atoms with E-state index in [0.29, 0.717) is 49.2 Å². The zero-order valence-corrected chi connectivity index (χ0v) is 21.9. The van der Waals surface area contributed by atoms with Gasteiger partial charge in [0.1, 0.15) is 11.5 Å². The molecular formula is C29H31N7O3. The van der Waals surface area contributed by atoms with E-state index in [9.17, 15) is 9.90 Å². The number of aliphatic hydroxyl groups is 1. The lowest BCUT2D eigenvalue weighted by Crippen LogP contribution is -2.23. The minimum absolute atomic E-state index is 0.125. The number of aliphatic hydroxyl groups excluding tert-OH is 1. The number of β-amino-alcohol motifs (C(OH)–C–C–N with tert-alkyl or cyclic N) is 1. The van der Waals surface area contributed by atoms with Crippen LogP contribution in [0.1, 0.15) is 45.9 Å². The number of nitrogens with zero attached hydrogens (tertiary/aromatic N) is 5. The molecule has 0 saturated carbocycles. The van der Waals surface area contributed by atoms with Gasteiger partial charge in [0.05, 0.1) is 41.5 Å². The quantitative estimate of drug-likeness (QED) is 0.352. The molecule has 0 aliphatic carbocycles. The Bertz CT molecular complexity index is 1580. The fourth-order valence-corrected chi connectivity index (χ4v) is 6.10. The van der Waals surface area contributed by atoms with Crippen LogP contribution < -0.4 is 10.6 Å². The van der Waals surface area contributed by atoms with Crippen molar-refractivity contribution in [2.45, 2.75) is 38.0 Å². The van der Waals surface area contributed by atoms with Gasteiger partial charge in [0.25, 0.3) is 5.91 Å². The van der Waals surface area contributed by atoms with E-state index in [1.165, 1.54) is 5.56 Å². The van der Waals surface area contributed by atoms with Gasteiger partial charge in [0.2, 0.25) is 0 Å². The Balaban J connectivity index is 1.25. The Kier molecular flexibility index (Phi) is 6.03. The van der Waals surface area contributed by atoms with Crippen LogP contribution in [0, 0.1) is 0 Å². The molecule has 7 heterocycles. The molecular weight excluding hydrogens is 494 g/mol. The lowest BCUT2D eigenvalue weighted by molar-refractivity contribution is 0.0966. The van der Waals surface area contributed by atoms with Gasteiger partial charge in [-0.05, 0) is 36.6 Å². The second kappa shape index (κ2) is 9.71. The third-order valence-electron chi connectivity index (χ3n) is 8.12. The summed E-state index contributed by atoms with van der Waals surface area (Å²) in [6.07, 6.45) is 6.97. The molecule has 0 bridgehead atoms. The van der Waals surface area contributed by atoms with Crippen molar-refractivity contribution in [2.75, 3.05) is 31.6 Å². The average molecular weight is 526 g/mol. The highest BCUT2D eigenvalue weighted by Gasteiger charge is 2.29. The second-order valence-electron chi connectivity index (χ2n) is 10.7. The predicted octanol–water partition coefficient (Wildman–Crippen LogP) is 3.09. The molecule has 3 aliphatic heterocycles. The van der Waals surface area contributed by atoms with Crippen molar-refractivity contribution in [3.05, 3.63) is 65.2 Å². The average Bonchev–Trinajstić information content (AvgIpc) is 3.74. The van der Waals surface area contributed by atoms with Gasteiger partial charge in [-0.3, -0.25) is 14.7 Å². The first-order valence-electron chi connectivity index (χ1n) is 13.5. The largest absolute Gasteiger partial charge is 0.392 e. The molecule has 7 rings (SSSR count). The Hall–Kier alpha value is -3.86. The number of amides is 1. The SMILES string of the molecule is Cn1ccc2c(-c3ncc(Nc4ccc([C@@H]5CCOC5)c(CN5CC[C@@H](O)C5)n4)c4c3CNC4=O)ccnc21. The summed E-state index contributed by atoms with van der Waals surface area (Å²) in [7, 11) is 1.97. The maximum atomic E-state index is 13.0. The molecule has 10 nitrogen and oxygen atoms in total. The minimum atomic E-state index is -0.284. The van der Waals surface area contributed by atoms with Gasteiger partial charge >= 0.3 is 0 Å². The molecule has 0 aromatic carbocycles. The van der Waals surface area contributed by atoms with E-state index in [1.807, 2.05) is 36.0 Å². The number of likely N-dealkylation sites (tertiary alicyclic amines) is 1. The van der Waals surface area contributed by atoms with Gasteiger partial charge in [0.15, 0.2) is 0 Å². The van der Waals surface area contributed by atoms with Crippen LogP contribution in [0.2, 0.25) is 0 Å². The zero-order chi connectivity index (χ0) is 26.5. The molecule has 200 valence electrons. The number of pyridine rings is 3. The number of anilines is 2. The number of carbonyl (C=O) groups excluding carboxylic acids is 1. The first-order valence-corrected chi connectivity index (χ1v) is 13.5. The maximum Gasteiger partial charge on any atom is 0.254 e. The lowest BCUT2D eigenvalue weighted by Gasteiger charge is -2.20. The van der Waals surface area contributed by atoms with Crippen LogP contribution in [0.5, 0.6) is 0 Å². The monoisotopic (exact) mass is 525 g/mol. The zero-order valence-electron chi connectivity index (χ0n) is 21.9. The standard InChI is InChI=1S/C29H31N7O3/c1-35-9-6-21-20(4-8-30-28(21)35)27-22-12-32-29(38)26(22)23(13-31-27)33-25-3-2-19(17-7-11-39-16-17)24(34-25)15-36-10-5-18(37)14-36/h2-4,6,8-9,13,17-18,37H,5,7,10-12,14-16H2,1H3,(H,32,38)(H,33,34)/t17-,18-/m1/s1. The van der Waals surface area contributed by atoms with Crippen molar-refractivity contribution in [3.63, 3.8) is 0 Å². The van der Waals surface area contributed by atoms with Crippen LogP contribution in [0.4, 0.5) is 11.5 Å². The normalized spacial score (nSPS) is 21.0. The van der Waals surface area contributed by atoms with Crippen molar-refractivity contribution in [2.24, 2.45) is 7.05 Å². The Morgan fingerprint density at radius 2 is 2.13 bits per heavy atom. The fourth-order valence-electron chi connectivity index (χ4n) is 6.10. The van der Waals surface area contributed by atoms with E-state index in [0.717, 1.165) is 59.5 Å². The van der Waals surface area contributed by atoms with E-state index < -0.39 is 0 Å². The summed E-state index contributed by atoms with van der Waals surface area (Å²) in [4.78, 5) is 29.6. The van der Waals surface area contributed by atoms with Crippen molar-refractivity contribution in [1.29, 1.82) is 0 Å². The summed E-state index contributed by atoms with van der Waals surface area (Å²) >= 11 is 0. The number of hydrogen-bond donors (Lipinski definition) is 3. The van der Waals surface area contributed by atoms with Gasteiger partial charge in [-0.2, -0.15) is 0 Å². The number of hydrogen-bond acceptors (Lipinski definition) is 8. The van der Waals surface area contributed by atoms with Gasteiger partial charge in [0, 0.05) is 74.7 Å². The van der Waals surface area contributed by atoms with Crippen LogP contribution in [-0.2, 0) is 24.9 Å². The third-order valence-corrected chi connectivity index (χ3v) is 8.12. The predicted molar refractivity (Wildman–Crippen MR) is 147 cm³/mol. The fraction of sp³-hybridized carbons (Fsp3) is 0.379. The van der Waals surface area contributed by atoms with Crippen LogP contribution in [0.3, 0.4) is 0 Å². The molecule has 3 N–H and O–H groups in total. The summed E-state index contributed by atoms with van der Waals surface area (Å²) in [6, 6.07) is 8.08. The molecule has 2 atom stereocenters. The van der Waals surface area contributed by atoms with E-state index in [-0.39, 0.29) is 12.0 Å². The van der Waals surface area contributed by atoms with Crippen molar-refractivity contribution < 1.29 is 14.6 Å². The Morgan fingerprint density at radius 3 is 2.95 bits per heavy atom. The van der Waals surface area contributed by atoms with Gasteiger partial charge in [-0.1, -0.05) is 6.07 Å². The van der Waals surface area contributed by atoms with Crippen LogP contribution >= 0.6 is 0 Å². The molecule has 0 unspecified atom stereocenters. The molecule has 0 spiro atoms. The molecule has 4 aromatic rings. The van der Waals surface area contributed by atoms with Crippen molar-refractivity contribution in [3.8, 4) is 11.3 Å². The number of nitrogens with one attached hydrogen (secondary N) is 2. The molecule has 1 amide bonds. The van der Waals surface area contributed by atoms with E-state index in [1.54, 1.807) is 12.4 Å². The smallest absolute Gasteiger partial charge is 0.254 e. The topological polar surface area (TPSA) is 117 Å².